The van der Waals surface area contributed by atoms with E-state index in [2.05, 4.69) is 6.58 Å². The van der Waals surface area contributed by atoms with E-state index >= 15 is 0 Å². The largest absolute Gasteiger partial charge is 0.481 e. The summed E-state index contributed by atoms with van der Waals surface area (Å²) in [5, 5.41) is 0. The normalized spacial score (nSPS) is 19.8. The highest BCUT2D eigenvalue weighted by molar-refractivity contribution is 5.87. The van der Waals surface area contributed by atoms with Gasteiger partial charge in [0.15, 0.2) is 12.2 Å². The number of allylic oxidation sites excluding steroid dienone is 1. The topological polar surface area (TPSA) is 78.9 Å². The van der Waals surface area contributed by atoms with Crippen LogP contribution in [-0.2, 0) is 23.9 Å². The fourth-order valence-corrected chi connectivity index (χ4v) is 2.59. The molecule has 1 unspecified atom stereocenters. The Morgan fingerprint density at radius 3 is 2.58 bits per heavy atom. The lowest BCUT2D eigenvalue weighted by atomic mass is 9.99. The molecule has 6 nitrogen and oxygen atoms in total. The first kappa shape index (κ1) is 19.4. The van der Waals surface area contributed by atoms with E-state index in [0.717, 1.165) is 5.56 Å². The molecule has 0 amide bonds. The number of fused-ring (bicyclic) bond motifs is 1. The minimum atomic E-state index is -0.777. The molecule has 0 aromatic heterocycles. The third-order valence-corrected chi connectivity index (χ3v) is 4.19. The Morgan fingerprint density at radius 1 is 1.31 bits per heavy atom. The van der Waals surface area contributed by atoms with Gasteiger partial charge >= 0.3 is 11.9 Å². The van der Waals surface area contributed by atoms with Gasteiger partial charge in [-0.2, -0.15) is 0 Å². The first-order chi connectivity index (χ1) is 12.3. The molecule has 0 N–H and O–H groups in total. The van der Waals surface area contributed by atoms with Crippen molar-refractivity contribution in [2.24, 2.45) is 0 Å². The minimum Gasteiger partial charge on any atom is -0.481 e. The van der Waals surface area contributed by atoms with E-state index in [1.807, 2.05) is 0 Å². The Labute approximate surface area is 152 Å². The molecule has 0 saturated carbocycles. The summed E-state index contributed by atoms with van der Waals surface area (Å²) in [6.07, 6.45) is 0.204. The zero-order valence-electron chi connectivity index (χ0n) is 15.3. The molecule has 0 fully saturated rings. The quantitative estimate of drug-likeness (QED) is 0.441. The number of benzene rings is 1. The molecule has 0 radical (unpaired) electrons. The summed E-state index contributed by atoms with van der Waals surface area (Å²) in [6, 6.07) is 5.22. The van der Waals surface area contributed by atoms with Crippen LogP contribution in [-0.4, -0.2) is 24.3 Å². The van der Waals surface area contributed by atoms with Crippen molar-refractivity contribution in [2.75, 3.05) is 0 Å². The molecule has 6 heteroatoms. The van der Waals surface area contributed by atoms with E-state index in [9.17, 15) is 14.4 Å². The van der Waals surface area contributed by atoms with Gasteiger partial charge in [0.2, 0.25) is 0 Å². The zero-order valence-corrected chi connectivity index (χ0v) is 15.3. The van der Waals surface area contributed by atoms with Crippen LogP contribution in [0.25, 0.3) is 0 Å². The first-order valence-electron chi connectivity index (χ1n) is 8.24. The molecule has 0 saturated heterocycles. The predicted octanol–water partition coefficient (Wildman–Crippen LogP) is 3.38. The van der Waals surface area contributed by atoms with Gasteiger partial charge in [0.1, 0.15) is 18.1 Å². The minimum absolute atomic E-state index is 0.178. The third kappa shape index (κ3) is 4.02. The monoisotopic (exact) mass is 358 g/mol. The van der Waals surface area contributed by atoms with Gasteiger partial charge in [-0.05, 0) is 38.5 Å². The van der Waals surface area contributed by atoms with Crippen LogP contribution in [0, 0.1) is 0 Å². The number of esters is 2. The fraction of sp³-hybridized carbons (Fsp3) is 0.350. The lowest BCUT2D eigenvalue weighted by Crippen LogP contribution is -2.25. The third-order valence-electron chi connectivity index (χ3n) is 4.19. The molecule has 0 spiro atoms. The predicted molar refractivity (Wildman–Crippen MR) is 94.5 cm³/mol. The van der Waals surface area contributed by atoms with E-state index in [-0.39, 0.29) is 5.57 Å². The van der Waals surface area contributed by atoms with Gasteiger partial charge in [0.25, 0.3) is 0 Å². The molecule has 1 aliphatic rings. The molecular weight excluding hydrogens is 336 g/mol. The van der Waals surface area contributed by atoms with Crippen LogP contribution < -0.4 is 4.74 Å². The summed E-state index contributed by atoms with van der Waals surface area (Å²) in [7, 11) is 0. The first-order valence-corrected chi connectivity index (χ1v) is 8.24. The van der Waals surface area contributed by atoms with Crippen molar-refractivity contribution in [3.63, 3.8) is 0 Å². The number of hydrogen-bond donors (Lipinski definition) is 0. The van der Waals surface area contributed by atoms with Crippen molar-refractivity contribution < 1.29 is 28.6 Å². The van der Waals surface area contributed by atoms with Crippen molar-refractivity contribution in [3.05, 3.63) is 53.1 Å². The summed E-state index contributed by atoms with van der Waals surface area (Å²) in [5.74, 6) is -0.402. The molecule has 2 rings (SSSR count). The molecule has 26 heavy (non-hydrogen) atoms. The van der Waals surface area contributed by atoms with E-state index in [1.54, 1.807) is 45.0 Å². The highest BCUT2D eigenvalue weighted by atomic mass is 16.6. The van der Waals surface area contributed by atoms with Gasteiger partial charge < -0.3 is 14.2 Å². The van der Waals surface area contributed by atoms with Crippen molar-refractivity contribution >= 4 is 18.2 Å². The Balaban J connectivity index is 2.31. The number of hydrogen-bond acceptors (Lipinski definition) is 6. The summed E-state index contributed by atoms with van der Waals surface area (Å²) >= 11 is 0. The Hall–Kier alpha value is -2.89. The number of carbonyl (C=O) groups excluding carboxylic acids is 3. The molecular formula is C20H22O6. The second-order valence-electron chi connectivity index (χ2n) is 6.08. The maximum atomic E-state index is 11.9. The molecule has 3 atom stereocenters. The van der Waals surface area contributed by atoms with Crippen LogP contribution in [0.2, 0.25) is 0 Å². The number of ether oxygens (including phenoxy) is 3. The second kappa shape index (κ2) is 7.99. The fourth-order valence-electron chi connectivity index (χ4n) is 2.59. The van der Waals surface area contributed by atoms with E-state index in [1.165, 1.54) is 6.92 Å². The summed E-state index contributed by atoms with van der Waals surface area (Å²) in [4.78, 5) is 34.5. The van der Waals surface area contributed by atoms with E-state index in [4.69, 9.17) is 14.2 Å². The van der Waals surface area contributed by atoms with Crippen molar-refractivity contribution in [1.29, 1.82) is 0 Å². The maximum absolute atomic E-state index is 11.9. The van der Waals surface area contributed by atoms with E-state index < -0.39 is 30.3 Å². The van der Waals surface area contributed by atoms with Crippen molar-refractivity contribution in [3.8, 4) is 5.75 Å². The molecule has 1 heterocycles. The Morgan fingerprint density at radius 2 is 2.00 bits per heavy atom. The van der Waals surface area contributed by atoms with E-state index in [0.29, 0.717) is 23.2 Å². The summed E-state index contributed by atoms with van der Waals surface area (Å²) < 4.78 is 16.5. The number of rotatable bonds is 6. The Bertz CT molecular complexity index is 777. The molecule has 0 bridgehead atoms. The average molecular weight is 358 g/mol. The van der Waals surface area contributed by atoms with Crippen molar-refractivity contribution in [2.45, 2.75) is 46.0 Å². The molecule has 1 aromatic rings. The lowest BCUT2D eigenvalue weighted by molar-refractivity contribution is -0.149. The van der Waals surface area contributed by atoms with Crippen LogP contribution in [0.15, 0.2) is 42.0 Å². The van der Waals surface area contributed by atoms with Gasteiger partial charge in [-0.3, -0.25) is 9.59 Å². The highest BCUT2D eigenvalue weighted by Gasteiger charge is 2.39. The van der Waals surface area contributed by atoms with Crippen LogP contribution in [0.3, 0.4) is 0 Å². The second-order valence-corrected chi connectivity index (χ2v) is 6.08. The van der Waals surface area contributed by atoms with Crippen LogP contribution in [0.5, 0.6) is 5.75 Å². The van der Waals surface area contributed by atoms with Gasteiger partial charge in [0, 0.05) is 23.6 Å². The number of carbonyl (C=O) groups is 3. The zero-order chi connectivity index (χ0) is 19.4. The van der Waals surface area contributed by atoms with Gasteiger partial charge in [-0.25, -0.2) is 4.79 Å². The Kier molecular flexibility index (Phi) is 5.97. The summed E-state index contributed by atoms with van der Waals surface area (Å²) in [5.41, 5.74) is 2.02. The average Bonchev–Trinajstić information content (AvgIpc) is 2.97. The van der Waals surface area contributed by atoms with Crippen LogP contribution in [0.4, 0.5) is 0 Å². The molecule has 138 valence electrons. The molecule has 1 aromatic carbocycles. The lowest BCUT2D eigenvalue weighted by Gasteiger charge is -2.18. The van der Waals surface area contributed by atoms with Gasteiger partial charge in [0.05, 0.1) is 0 Å². The maximum Gasteiger partial charge on any atom is 0.333 e. The van der Waals surface area contributed by atoms with Crippen LogP contribution in [0.1, 0.15) is 51.0 Å². The standard InChI is InChI=1S/C20H22O6/c1-6-11(2)20(23)24-13(4)15-7-8-17-16(9-15)19(25-14(5)22)18(26-17)12(3)10-21/h6-10,13,18-19H,3H2,1-2,4-5H3/b11-6-/t13?,18-,19+/m0/s1. The van der Waals surface area contributed by atoms with Gasteiger partial charge in [-0.1, -0.05) is 18.7 Å². The van der Waals surface area contributed by atoms with Crippen LogP contribution >= 0.6 is 0 Å². The number of aldehydes is 1. The SMILES string of the molecule is C=C(C=O)[C@@H]1Oc2ccc(C(C)OC(=O)/C(C)=C\C)cc2[C@H]1OC(C)=O. The van der Waals surface area contributed by atoms with Gasteiger partial charge in [-0.15, -0.1) is 0 Å². The smallest absolute Gasteiger partial charge is 0.333 e. The molecule has 0 aliphatic carbocycles. The van der Waals surface area contributed by atoms with Crippen molar-refractivity contribution in [1.82, 2.24) is 0 Å². The molecule has 1 aliphatic heterocycles. The summed E-state index contributed by atoms with van der Waals surface area (Å²) in [6.45, 7) is 10.1. The highest BCUT2D eigenvalue weighted by Crippen LogP contribution is 2.42.